The Labute approximate surface area is 435 Å². The quantitative estimate of drug-likeness (QED) is 0.0268. The highest BCUT2D eigenvalue weighted by molar-refractivity contribution is 5.97. The van der Waals surface area contributed by atoms with Crippen molar-refractivity contribution in [3.63, 3.8) is 0 Å². The molecule has 4 rings (SSSR count). The van der Waals surface area contributed by atoms with Crippen LogP contribution in [-0.4, -0.2) is 278 Å². The Morgan fingerprint density at radius 2 is 1.03 bits per heavy atom. The minimum absolute atomic E-state index is 0.0113. The van der Waals surface area contributed by atoms with Crippen molar-refractivity contribution in [3.05, 3.63) is 0 Å². The van der Waals surface area contributed by atoms with Gasteiger partial charge in [0, 0.05) is 90.4 Å². The number of urea groups is 1. The maximum absolute atomic E-state index is 12.9. The smallest absolute Gasteiger partial charge is 0.320 e. The lowest BCUT2D eigenvalue weighted by Crippen LogP contribution is -2.55. The molecule has 2 aliphatic carbocycles. The van der Waals surface area contributed by atoms with E-state index in [9.17, 15) is 54.3 Å². The van der Waals surface area contributed by atoms with Crippen LogP contribution in [0, 0.1) is 23.2 Å². The third kappa shape index (κ3) is 23.4. The van der Waals surface area contributed by atoms with Gasteiger partial charge in [-0.15, -0.1) is 0 Å². The molecule has 0 radical (unpaired) electrons. The van der Waals surface area contributed by atoms with E-state index in [1.807, 2.05) is 23.6 Å². The number of rotatable bonds is 28. The second kappa shape index (κ2) is 33.8. The van der Waals surface area contributed by atoms with E-state index in [1.54, 1.807) is 14.7 Å². The van der Waals surface area contributed by atoms with E-state index in [0.29, 0.717) is 124 Å². The number of hydrogen-bond acceptors (Lipinski definition) is 18. The predicted molar refractivity (Wildman–Crippen MR) is 269 cm³/mol. The highest BCUT2D eigenvalue weighted by atomic mass is 16.6. The van der Waals surface area contributed by atoms with Crippen molar-refractivity contribution in [1.29, 1.82) is 5.41 Å². The summed E-state index contributed by atoms with van der Waals surface area (Å²) in [5.74, 6) is -3.73. The molecule has 2 heterocycles. The molecule has 4 fully saturated rings. The molecule has 2 saturated heterocycles. The summed E-state index contributed by atoms with van der Waals surface area (Å²) in [6.45, 7) is 9.80. The first kappa shape index (κ1) is 62.4. The van der Waals surface area contributed by atoms with Gasteiger partial charge in [0.25, 0.3) is 0 Å². The van der Waals surface area contributed by atoms with Crippen LogP contribution in [-0.2, 0) is 47.7 Å². The largest absolute Gasteiger partial charge is 0.480 e. The van der Waals surface area contributed by atoms with Crippen molar-refractivity contribution in [2.75, 3.05) is 151 Å². The summed E-state index contributed by atoms with van der Waals surface area (Å²) in [7, 11) is 0. The maximum Gasteiger partial charge on any atom is 0.320 e. The Morgan fingerprint density at radius 1 is 0.595 bits per heavy atom. The molecule has 0 aromatic carbocycles. The van der Waals surface area contributed by atoms with Crippen LogP contribution in [0.2, 0.25) is 0 Å². The number of aliphatic hydroxyl groups is 2. The van der Waals surface area contributed by atoms with Gasteiger partial charge in [-0.3, -0.25) is 53.9 Å². The Hall–Kier alpha value is -4.15. The number of nitrogens with one attached hydrogen (secondary N) is 2. The lowest BCUT2D eigenvalue weighted by Gasteiger charge is -2.43. The van der Waals surface area contributed by atoms with E-state index in [-0.39, 0.29) is 120 Å². The third-order valence-corrected chi connectivity index (χ3v) is 14.4. The van der Waals surface area contributed by atoms with Crippen LogP contribution in [0.5, 0.6) is 0 Å². The average Bonchev–Trinajstić information content (AvgIpc) is 3.33. The van der Waals surface area contributed by atoms with Crippen LogP contribution in [0.15, 0.2) is 0 Å². The zero-order valence-corrected chi connectivity index (χ0v) is 43.7. The lowest BCUT2D eigenvalue weighted by atomic mass is 9.72. The monoisotopic (exact) mass is 1060 g/mol. The molecule has 424 valence electrons. The summed E-state index contributed by atoms with van der Waals surface area (Å²) in [4.78, 5) is 82.9. The SMILES string of the molecule is CC(C)C1CC(C(=N)N(C(N)=O)C2CCC(OC3CCN(C(=O)CCOCCOCCOCCOCCNC(=O)CN4CCN(CC(=O)O)CCN(CC(=O)O)CCN(CC(=O)O)CC4)CC3)CC2)C(O)CC1O. The van der Waals surface area contributed by atoms with E-state index in [4.69, 9.17) is 34.8 Å². The fourth-order valence-electron chi connectivity index (χ4n) is 10.2. The Kier molecular flexibility index (Phi) is 28.5. The van der Waals surface area contributed by atoms with Crippen molar-refractivity contribution in [3.8, 4) is 0 Å². The number of carboxylic acids is 3. The van der Waals surface area contributed by atoms with Crippen LogP contribution in [0.3, 0.4) is 0 Å². The number of piperidine rings is 1. The van der Waals surface area contributed by atoms with Crippen LogP contribution in [0.25, 0.3) is 0 Å². The molecule has 4 aliphatic rings. The number of likely N-dealkylation sites (tertiary alicyclic amines) is 1. The lowest BCUT2D eigenvalue weighted by molar-refractivity contribution is -0.140. The van der Waals surface area contributed by atoms with Gasteiger partial charge >= 0.3 is 23.9 Å². The first-order chi connectivity index (χ1) is 35.4. The van der Waals surface area contributed by atoms with Gasteiger partial charge in [0.1, 0.15) is 5.84 Å². The van der Waals surface area contributed by atoms with Gasteiger partial charge in [-0.2, -0.15) is 0 Å². The summed E-state index contributed by atoms with van der Waals surface area (Å²) in [6.07, 6.45) is 3.50. The summed E-state index contributed by atoms with van der Waals surface area (Å²) < 4.78 is 28.8. The maximum atomic E-state index is 12.9. The number of hydrogen-bond donors (Lipinski definition) is 8. The molecule has 0 spiro atoms. The topological polar surface area (TPSA) is 331 Å². The molecule has 0 bridgehead atoms. The third-order valence-electron chi connectivity index (χ3n) is 14.4. The minimum atomic E-state index is -1.03. The number of aliphatic hydroxyl groups excluding tert-OH is 2. The van der Waals surface area contributed by atoms with Gasteiger partial charge in [-0.05, 0) is 56.8 Å². The molecule has 2 aliphatic heterocycles. The molecule has 25 nitrogen and oxygen atoms in total. The molecule has 4 amide bonds. The molecule has 0 aromatic heterocycles. The van der Waals surface area contributed by atoms with Crippen LogP contribution < -0.4 is 11.1 Å². The normalized spacial score (nSPS) is 24.7. The van der Waals surface area contributed by atoms with Gasteiger partial charge in [0.2, 0.25) is 11.8 Å². The van der Waals surface area contributed by atoms with Crippen molar-refractivity contribution in [2.24, 2.45) is 23.5 Å². The van der Waals surface area contributed by atoms with Crippen molar-refractivity contribution >= 4 is 41.6 Å². The van der Waals surface area contributed by atoms with Crippen LogP contribution in [0.4, 0.5) is 4.79 Å². The van der Waals surface area contributed by atoms with Crippen molar-refractivity contribution in [2.45, 2.75) is 102 Å². The van der Waals surface area contributed by atoms with Gasteiger partial charge in [0.15, 0.2) is 0 Å². The zero-order valence-electron chi connectivity index (χ0n) is 43.7. The molecule has 9 N–H and O–H groups in total. The number of nitrogens with two attached hydrogens (primary N) is 1. The van der Waals surface area contributed by atoms with E-state index < -0.39 is 42.1 Å². The summed E-state index contributed by atoms with van der Waals surface area (Å²) in [5, 5.41) is 61.2. The molecule has 4 atom stereocenters. The minimum Gasteiger partial charge on any atom is -0.480 e. The van der Waals surface area contributed by atoms with Crippen LogP contribution >= 0.6 is 0 Å². The molecular weight excluding hydrogens is 971 g/mol. The van der Waals surface area contributed by atoms with E-state index in [1.165, 1.54) is 4.90 Å². The molecule has 4 unspecified atom stereocenters. The van der Waals surface area contributed by atoms with Gasteiger partial charge in [-0.1, -0.05) is 13.8 Å². The van der Waals surface area contributed by atoms with E-state index in [2.05, 4.69) is 5.32 Å². The highest BCUT2D eigenvalue weighted by Crippen LogP contribution is 2.37. The standard InChI is InChI=1S/C49H87N9O16/c1-35(2)39-29-40(42(60)30-41(39)59)48(50)58(49(51)69)36-3-5-37(6-4-36)74-38-7-11-57(12-8-38)44(62)9-21-70-23-25-72-27-28-73-26-24-71-22-10-52-43(61)31-53-13-15-54(32-45(63)64)17-19-56(34-47(67)68)20-18-55(16-14-53)33-46(65)66/h35-42,50,59-60H,3-34H2,1-2H3,(H2,51,69)(H,52,61)(H,63,64)(H,65,66)(H,67,68). The summed E-state index contributed by atoms with van der Waals surface area (Å²) in [5.41, 5.74) is 5.81. The van der Waals surface area contributed by atoms with Gasteiger partial charge in [0.05, 0.1) is 110 Å². The van der Waals surface area contributed by atoms with Crippen LogP contribution in [0.1, 0.15) is 71.6 Å². The fraction of sp³-hybridized carbons (Fsp3) is 0.857. The molecular formula is C49H87N9O16. The first-order valence-electron chi connectivity index (χ1n) is 26.5. The fourth-order valence-corrected chi connectivity index (χ4v) is 10.2. The number of carbonyl (C=O) groups is 6. The number of carbonyl (C=O) groups excluding carboxylic acids is 3. The second-order valence-electron chi connectivity index (χ2n) is 20.2. The highest BCUT2D eigenvalue weighted by Gasteiger charge is 2.43. The number of amidine groups is 1. The second-order valence-corrected chi connectivity index (χ2v) is 20.2. The Bertz CT molecular complexity index is 1700. The molecule has 2 saturated carbocycles. The summed E-state index contributed by atoms with van der Waals surface area (Å²) >= 11 is 0. The number of amides is 4. The number of aliphatic carboxylic acids is 3. The van der Waals surface area contributed by atoms with E-state index in [0.717, 1.165) is 12.8 Å². The van der Waals surface area contributed by atoms with Gasteiger partial charge < -0.3 is 65.2 Å². The summed E-state index contributed by atoms with van der Waals surface area (Å²) in [6, 6.07) is -0.944. The molecule has 0 aromatic rings. The zero-order chi connectivity index (χ0) is 54.0. The Balaban J connectivity index is 0.984. The number of carboxylic acid groups (broad SMARTS) is 3. The number of primary amides is 1. The molecule has 25 heteroatoms. The molecule has 74 heavy (non-hydrogen) atoms. The first-order valence-corrected chi connectivity index (χ1v) is 26.5. The Morgan fingerprint density at radius 3 is 1.47 bits per heavy atom. The van der Waals surface area contributed by atoms with Crippen molar-refractivity contribution in [1.82, 2.24) is 34.7 Å². The average molecular weight is 1060 g/mol. The predicted octanol–water partition coefficient (Wildman–Crippen LogP) is -0.885. The van der Waals surface area contributed by atoms with E-state index >= 15 is 0 Å². The van der Waals surface area contributed by atoms with Crippen molar-refractivity contribution < 1.29 is 78.0 Å². The number of ether oxygens (including phenoxy) is 5. The van der Waals surface area contributed by atoms with Gasteiger partial charge in [-0.25, -0.2) is 4.79 Å². The number of nitrogens with zero attached hydrogens (tertiary/aromatic N) is 6.